The molecule has 1 aromatic carbocycles. The fourth-order valence-electron chi connectivity index (χ4n) is 3.87. The molecule has 4 rings (SSSR count). The van der Waals surface area contributed by atoms with Crippen LogP contribution in [0.1, 0.15) is 16.7 Å². The largest absolute Gasteiger partial charge is 0.390 e. The van der Waals surface area contributed by atoms with Crippen molar-refractivity contribution in [2.75, 3.05) is 13.1 Å². The Labute approximate surface area is 162 Å². The molecule has 5 nitrogen and oxygen atoms in total. The molecule has 0 radical (unpaired) electrons. The molecule has 0 saturated carbocycles. The number of benzene rings is 1. The highest BCUT2D eigenvalue weighted by molar-refractivity contribution is 6.30. The molecule has 0 amide bonds. The Kier molecular flexibility index (Phi) is 5.00. The molecule has 3 heterocycles. The van der Waals surface area contributed by atoms with Crippen LogP contribution in [-0.4, -0.2) is 38.8 Å². The number of β-amino-alcohol motifs (C(OH)–C–C–N with tert-alkyl or cyclic N) is 1. The maximum absolute atomic E-state index is 12.8. The monoisotopic (exact) mass is 383 g/mol. The van der Waals surface area contributed by atoms with Gasteiger partial charge in [0.15, 0.2) is 0 Å². The Morgan fingerprint density at radius 2 is 2.00 bits per heavy atom. The van der Waals surface area contributed by atoms with Crippen LogP contribution in [0.15, 0.2) is 47.5 Å². The van der Waals surface area contributed by atoms with Crippen LogP contribution in [0, 0.1) is 6.92 Å². The van der Waals surface area contributed by atoms with Gasteiger partial charge < -0.3 is 9.67 Å². The number of aryl methyl sites for hydroxylation is 1. The number of hydrogen-bond acceptors (Lipinski definition) is 4. The summed E-state index contributed by atoms with van der Waals surface area (Å²) in [5.74, 6) is 0. The van der Waals surface area contributed by atoms with E-state index in [4.69, 9.17) is 11.6 Å². The predicted octanol–water partition coefficient (Wildman–Crippen LogP) is 2.78. The van der Waals surface area contributed by atoms with E-state index >= 15 is 0 Å². The zero-order chi connectivity index (χ0) is 19.0. The fraction of sp³-hybridized carbons (Fsp3) is 0.333. The van der Waals surface area contributed by atoms with E-state index in [1.54, 1.807) is 23.0 Å². The van der Waals surface area contributed by atoms with Gasteiger partial charge in [0.05, 0.1) is 18.0 Å². The minimum absolute atomic E-state index is 0.150. The lowest BCUT2D eigenvalue weighted by Crippen LogP contribution is -2.39. The van der Waals surface area contributed by atoms with Crippen LogP contribution in [0.25, 0.3) is 10.8 Å². The molecule has 0 fully saturated rings. The smallest absolute Gasteiger partial charge is 0.258 e. The average Bonchev–Trinajstić information content (AvgIpc) is 2.65. The summed E-state index contributed by atoms with van der Waals surface area (Å²) in [6.07, 6.45) is 3.78. The molecular formula is C21H22ClN3O2. The third kappa shape index (κ3) is 3.76. The van der Waals surface area contributed by atoms with Gasteiger partial charge in [0.1, 0.15) is 5.15 Å². The van der Waals surface area contributed by atoms with Crippen molar-refractivity contribution >= 4 is 22.4 Å². The van der Waals surface area contributed by atoms with Gasteiger partial charge in [0.2, 0.25) is 0 Å². The van der Waals surface area contributed by atoms with E-state index in [2.05, 4.69) is 34.1 Å². The Morgan fingerprint density at radius 1 is 1.22 bits per heavy atom. The van der Waals surface area contributed by atoms with Crippen LogP contribution < -0.4 is 5.56 Å². The summed E-state index contributed by atoms with van der Waals surface area (Å²) in [4.78, 5) is 19.1. The number of aliphatic hydroxyl groups excluding tert-OH is 1. The summed E-state index contributed by atoms with van der Waals surface area (Å²) in [5.41, 5.74) is 3.49. The van der Waals surface area contributed by atoms with Gasteiger partial charge in [-0.15, -0.1) is 0 Å². The van der Waals surface area contributed by atoms with Gasteiger partial charge in [0.25, 0.3) is 5.56 Å². The molecule has 0 aliphatic carbocycles. The molecular weight excluding hydrogens is 362 g/mol. The third-order valence-corrected chi connectivity index (χ3v) is 5.43. The maximum atomic E-state index is 12.8. The molecule has 140 valence electrons. The van der Waals surface area contributed by atoms with E-state index in [9.17, 15) is 9.90 Å². The summed E-state index contributed by atoms with van der Waals surface area (Å²) in [6, 6.07) is 10.0. The van der Waals surface area contributed by atoms with Gasteiger partial charge in [-0.1, -0.05) is 35.9 Å². The highest BCUT2D eigenvalue weighted by Gasteiger charge is 2.19. The first-order valence-electron chi connectivity index (χ1n) is 9.14. The molecule has 1 N–H and O–H groups in total. The van der Waals surface area contributed by atoms with Gasteiger partial charge in [-0.25, -0.2) is 4.98 Å². The molecule has 1 aliphatic rings. The van der Waals surface area contributed by atoms with E-state index < -0.39 is 6.10 Å². The van der Waals surface area contributed by atoms with Crippen molar-refractivity contribution in [1.29, 1.82) is 0 Å². The van der Waals surface area contributed by atoms with Crippen LogP contribution in [-0.2, 0) is 19.5 Å². The maximum Gasteiger partial charge on any atom is 0.258 e. The van der Waals surface area contributed by atoms with Crippen LogP contribution in [0.3, 0.4) is 0 Å². The summed E-state index contributed by atoms with van der Waals surface area (Å²) < 4.78 is 1.58. The van der Waals surface area contributed by atoms with Gasteiger partial charge in [-0.05, 0) is 36.1 Å². The first kappa shape index (κ1) is 18.2. The number of pyridine rings is 2. The second kappa shape index (κ2) is 7.43. The molecule has 1 unspecified atom stereocenters. The molecule has 0 bridgehead atoms. The van der Waals surface area contributed by atoms with E-state index in [1.165, 1.54) is 11.1 Å². The number of hydrogen-bond donors (Lipinski definition) is 1. The number of nitrogens with zero attached hydrogens (tertiary/aromatic N) is 3. The van der Waals surface area contributed by atoms with Gasteiger partial charge in [-0.2, -0.15) is 0 Å². The number of rotatable bonds is 4. The fourth-order valence-corrected chi connectivity index (χ4v) is 4.02. The Morgan fingerprint density at radius 3 is 2.81 bits per heavy atom. The highest BCUT2D eigenvalue weighted by atomic mass is 35.5. The number of fused-ring (bicyclic) bond motifs is 2. The lowest BCUT2D eigenvalue weighted by Gasteiger charge is -2.30. The van der Waals surface area contributed by atoms with Crippen molar-refractivity contribution in [3.8, 4) is 0 Å². The molecule has 1 atom stereocenters. The van der Waals surface area contributed by atoms with Crippen LogP contribution in [0.5, 0.6) is 0 Å². The van der Waals surface area contributed by atoms with Crippen LogP contribution in [0.4, 0.5) is 0 Å². The molecule has 2 aromatic heterocycles. The predicted molar refractivity (Wildman–Crippen MR) is 107 cm³/mol. The lowest BCUT2D eigenvalue weighted by atomic mass is 10.00. The van der Waals surface area contributed by atoms with E-state index in [-0.39, 0.29) is 12.1 Å². The SMILES string of the molecule is Cc1cn(CC(O)CN2CCc3ccccc3C2)c(=O)c2cc(Cl)ncc12. The normalized spacial score (nSPS) is 15.7. The van der Waals surface area contributed by atoms with Gasteiger partial charge in [0, 0.05) is 37.4 Å². The summed E-state index contributed by atoms with van der Waals surface area (Å²) in [7, 11) is 0. The van der Waals surface area contributed by atoms with Crippen molar-refractivity contribution in [3.63, 3.8) is 0 Å². The minimum Gasteiger partial charge on any atom is -0.390 e. The Balaban J connectivity index is 1.51. The standard InChI is InChI=1S/C21H22ClN3O2/c1-14-10-25(21(27)18-8-20(22)23-9-19(14)18)13-17(26)12-24-7-6-15-4-2-3-5-16(15)11-24/h2-5,8-10,17,26H,6-7,11-13H2,1H3. The second-order valence-electron chi connectivity index (χ2n) is 7.23. The van der Waals surface area contributed by atoms with Crippen molar-refractivity contribution in [2.45, 2.75) is 32.5 Å². The van der Waals surface area contributed by atoms with Crippen molar-refractivity contribution in [1.82, 2.24) is 14.5 Å². The minimum atomic E-state index is -0.623. The number of aromatic nitrogens is 2. The zero-order valence-corrected chi connectivity index (χ0v) is 16.0. The first-order valence-corrected chi connectivity index (χ1v) is 9.51. The first-order chi connectivity index (χ1) is 13.0. The summed E-state index contributed by atoms with van der Waals surface area (Å²) >= 11 is 5.96. The molecule has 0 spiro atoms. The van der Waals surface area contributed by atoms with Crippen molar-refractivity contribution < 1.29 is 5.11 Å². The second-order valence-corrected chi connectivity index (χ2v) is 7.62. The van der Waals surface area contributed by atoms with E-state index in [0.717, 1.165) is 30.5 Å². The molecule has 0 saturated heterocycles. The lowest BCUT2D eigenvalue weighted by molar-refractivity contribution is 0.0911. The number of aliphatic hydroxyl groups is 1. The third-order valence-electron chi connectivity index (χ3n) is 5.22. The van der Waals surface area contributed by atoms with Crippen molar-refractivity contribution in [2.24, 2.45) is 0 Å². The van der Waals surface area contributed by atoms with Crippen LogP contribution in [0.2, 0.25) is 5.15 Å². The zero-order valence-electron chi connectivity index (χ0n) is 15.2. The summed E-state index contributed by atoms with van der Waals surface area (Å²) in [5, 5.41) is 12.2. The van der Waals surface area contributed by atoms with Crippen LogP contribution >= 0.6 is 11.6 Å². The average molecular weight is 384 g/mol. The quantitative estimate of drug-likeness (QED) is 0.704. The highest BCUT2D eigenvalue weighted by Crippen LogP contribution is 2.19. The molecule has 6 heteroatoms. The molecule has 1 aliphatic heterocycles. The number of halogens is 1. The van der Waals surface area contributed by atoms with Gasteiger partial charge >= 0.3 is 0 Å². The van der Waals surface area contributed by atoms with E-state index in [0.29, 0.717) is 17.1 Å². The Bertz CT molecular complexity index is 1050. The van der Waals surface area contributed by atoms with Gasteiger partial charge in [-0.3, -0.25) is 9.69 Å². The topological polar surface area (TPSA) is 58.4 Å². The Hall–Kier alpha value is -2.21. The molecule has 3 aromatic rings. The van der Waals surface area contributed by atoms with Crippen molar-refractivity contribution in [3.05, 3.63) is 74.9 Å². The molecule has 27 heavy (non-hydrogen) atoms. The van der Waals surface area contributed by atoms with E-state index in [1.807, 2.05) is 6.92 Å². The summed E-state index contributed by atoms with van der Waals surface area (Å²) in [6.45, 7) is 4.48.